The molecule has 0 aliphatic carbocycles. The minimum atomic E-state index is -1.37. The van der Waals surface area contributed by atoms with Crippen LogP contribution in [0.5, 0.6) is 5.75 Å². The predicted molar refractivity (Wildman–Crippen MR) is 117 cm³/mol. The zero-order valence-electron chi connectivity index (χ0n) is 17.9. The Kier molecular flexibility index (Phi) is 7.68. The van der Waals surface area contributed by atoms with Crippen LogP contribution in [0.25, 0.3) is 11.0 Å². The molecule has 4 N–H and O–H groups in total. The molecule has 32 heavy (non-hydrogen) atoms. The van der Waals surface area contributed by atoms with Gasteiger partial charge in [-0.3, -0.25) is 9.78 Å². The lowest BCUT2D eigenvalue weighted by Gasteiger charge is -2.23. The van der Waals surface area contributed by atoms with Gasteiger partial charge in [0.25, 0.3) is 0 Å². The molecule has 1 aromatic carbocycles. The average molecular weight is 464 g/mol. The van der Waals surface area contributed by atoms with Crippen molar-refractivity contribution in [2.75, 3.05) is 19.8 Å². The molecule has 1 unspecified atom stereocenters. The standard InChI is InChI=1S/C22H26ClN3O6/c1-13-3-4-17(25-9-13)14(2)31-20-8-19-15(7-16(20)23)18(26-32-19)5-6-21(29)30-12-22(24,10-27)11-28/h3-4,7-9,14,27-28H,5-6,10-12,24H2,1-2H3. The van der Waals surface area contributed by atoms with Crippen LogP contribution in [-0.4, -0.2) is 51.7 Å². The molecule has 1 atom stereocenters. The van der Waals surface area contributed by atoms with Crippen LogP contribution in [0.3, 0.4) is 0 Å². The zero-order chi connectivity index (χ0) is 23.3. The van der Waals surface area contributed by atoms with E-state index in [4.69, 9.17) is 41.5 Å². The summed E-state index contributed by atoms with van der Waals surface area (Å²) < 4.78 is 16.4. The molecule has 3 aromatic rings. The van der Waals surface area contributed by atoms with Gasteiger partial charge in [0.1, 0.15) is 18.5 Å². The highest BCUT2D eigenvalue weighted by Gasteiger charge is 2.25. The van der Waals surface area contributed by atoms with Crippen LogP contribution in [0.2, 0.25) is 5.02 Å². The van der Waals surface area contributed by atoms with Crippen molar-refractivity contribution in [1.29, 1.82) is 0 Å². The molecule has 2 heterocycles. The Hall–Kier alpha value is -2.72. The first-order chi connectivity index (χ1) is 15.2. The molecule has 9 nitrogen and oxygen atoms in total. The van der Waals surface area contributed by atoms with Crippen molar-refractivity contribution in [2.45, 2.75) is 38.3 Å². The lowest BCUT2D eigenvalue weighted by Crippen LogP contribution is -2.51. The average Bonchev–Trinajstić information content (AvgIpc) is 3.18. The fraction of sp³-hybridized carbons (Fsp3) is 0.409. The van der Waals surface area contributed by atoms with Gasteiger partial charge in [0.15, 0.2) is 5.58 Å². The highest BCUT2D eigenvalue weighted by atomic mass is 35.5. The lowest BCUT2D eigenvalue weighted by molar-refractivity contribution is -0.146. The number of fused-ring (bicyclic) bond motifs is 1. The zero-order valence-corrected chi connectivity index (χ0v) is 18.6. The number of pyridine rings is 1. The first-order valence-corrected chi connectivity index (χ1v) is 10.5. The van der Waals surface area contributed by atoms with Crippen LogP contribution >= 0.6 is 11.6 Å². The third kappa shape index (κ3) is 5.74. The number of esters is 1. The van der Waals surface area contributed by atoms with Gasteiger partial charge < -0.3 is 29.9 Å². The van der Waals surface area contributed by atoms with Crippen molar-refractivity contribution in [2.24, 2.45) is 5.73 Å². The highest BCUT2D eigenvalue weighted by molar-refractivity contribution is 6.32. The van der Waals surface area contributed by atoms with E-state index in [1.54, 1.807) is 18.3 Å². The summed E-state index contributed by atoms with van der Waals surface area (Å²) in [7, 11) is 0. The van der Waals surface area contributed by atoms with Crippen LogP contribution in [0.4, 0.5) is 0 Å². The number of aryl methyl sites for hydroxylation is 2. The van der Waals surface area contributed by atoms with Crippen molar-refractivity contribution in [3.8, 4) is 5.75 Å². The predicted octanol–water partition coefficient (Wildman–Crippen LogP) is 2.48. The maximum Gasteiger partial charge on any atom is 0.306 e. The number of halogens is 1. The molecule has 0 spiro atoms. The molecule has 0 aliphatic rings. The second-order valence-electron chi connectivity index (χ2n) is 7.77. The molecule has 0 radical (unpaired) electrons. The molecule has 3 rings (SSSR count). The molecule has 172 valence electrons. The van der Waals surface area contributed by atoms with E-state index in [9.17, 15) is 4.79 Å². The van der Waals surface area contributed by atoms with E-state index in [0.717, 1.165) is 11.3 Å². The number of aliphatic hydroxyl groups excluding tert-OH is 2. The van der Waals surface area contributed by atoms with Crippen molar-refractivity contribution in [3.05, 3.63) is 52.4 Å². The van der Waals surface area contributed by atoms with E-state index >= 15 is 0 Å². The maximum absolute atomic E-state index is 12.0. The summed E-state index contributed by atoms with van der Waals surface area (Å²) in [5.74, 6) is -0.105. The van der Waals surface area contributed by atoms with Gasteiger partial charge in [0.05, 0.1) is 41.6 Å². The summed E-state index contributed by atoms with van der Waals surface area (Å²) in [6.07, 6.45) is 1.72. The van der Waals surface area contributed by atoms with E-state index in [-0.39, 0.29) is 25.6 Å². The number of rotatable bonds is 10. The molecular weight excluding hydrogens is 438 g/mol. The molecule has 0 saturated heterocycles. The quantitative estimate of drug-likeness (QED) is 0.386. The number of aliphatic hydroxyl groups is 2. The van der Waals surface area contributed by atoms with Gasteiger partial charge in [-0.15, -0.1) is 0 Å². The number of nitrogens with two attached hydrogens (primary N) is 1. The van der Waals surface area contributed by atoms with Gasteiger partial charge in [-0.1, -0.05) is 22.8 Å². The third-order valence-electron chi connectivity index (χ3n) is 4.97. The normalized spacial score (nSPS) is 12.7. The van der Waals surface area contributed by atoms with E-state index in [1.807, 2.05) is 26.0 Å². The Labute approximate surface area is 190 Å². The first kappa shape index (κ1) is 23.9. The number of carbonyl (C=O) groups is 1. The monoisotopic (exact) mass is 463 g/mol. The topological polar surface area (TPSA) is 141 Å². The van der Waals surface area contributed by atoms with Crippen LogP contribution < -0.4 is 10.5 Å². The summed E-state index contributed by atoms with van der Waals surface area (Å²) >= 11 is 6.42. The van der Waals surface area contributed by atoms with Gasteiger partial charge in [-0.25, -0.2) is 0 Å². The number of nitrogens with zero attached hydrogens (tertiary/aromatic N) is 2. The second kappa shape index (κ2) is 10.3. The Morgan fingerprint density at radius 1 is 1.31 bits per heavy atom. The maximum atomic E-state index is 12.0. The third-order valence-corrected chi connectivity index (χ3v) is 5.27. The highest BCUT2D eigenvalue weighted by Crippen LogP contribution is 2.34. The van der Waals surface area contributed by atoms with Crippen molar-refractivity contribution < 1.29 is 29.0 Å². The minimum absolute atomic E-state index is 0.0145. The smallest absolute Gasteiger partial charge is 0.306 e. The molecular formula is C22H26ClN3O6. The SMILES string of the molecule is Cc1ccc(C(C)Oc2cc3onc(CCC(=O)OCC(N)(CO)CO)c3cc2Cl)nc1. The number of hydrogen-bond acceptors (Lipinski definition) is 9. The Balaban J connectivity index is 1.65. The van der Waals surface area contributed by atoms with Crippen molar-refractivity contribution >= 4 is 28.5 Å². The summed E-state index contributed by atoms with van der Waals surface area (Å²) in [5.41, 5.74) is 7.16. The van der Waals surface area contributed by atoms with Gasteiger partial charge in [-0.2, -0.15) is 0 Å². The fourth-order valence-electron chi connectivity index (χ4n) is 2.89. The number of benzene rings is 1. The van der Waals surface area contributed by atoms with Gasteiger partial charge >= 0.3 is 5.97 Å². The van der Waals surface area contributed by atoms with Crippen LogP contribution in [-0.2, 0) is 16.0 Å². The number of ether oxygens (including phenoxy) is 2. The van der Waals surface area contributed by atoms with Crippen LogP contribution in [0, 0.1) is 6.92 Å². The largest absolute Gasteiger partial charge is 0.483 e. The summed E-state index contributed by atoms with van der Waals surface area (Å²) in [6, 6.07) is 7.19. The van der Waals surface area contributed by atoms with Gasteiger partial charge in [0.2, 0.25) is 0 Å². The second-order valence-corrected chi connectivity index (χ2v) is 8.18. The minimum Gasteiger partial charge on any atom is -0.483 e. The Morgan fingerprint density at radius 2 is 2.06 bits per heavy atom. The van der Waals surface area contributed by atoms with E-state index in [1.165, 1.54) is 0 Å². The molecule has 0 amide bonds. The van der Waals surface area contributed by atoms with Crippen molar-refractivity contribution in [1.82, 2.24) is 10.1 Å². The molecule has 0 aliphatic heterocycles. The summed E-state index contributed by atoms with van der Waals surface area (Å²) in [6.45, 7) is 2.53. The summed E-state index contributed by atoms with van der Waals surface area (Å²) in [5, 5.41) is 23.4. The molecule has 0 bridgehead atoms. The number of aromatic nitrogens is 2. The van der Waals surface area contributed by atoms with E-state index < -0.39 is 24.7 Å². The molecule has 0 fully saturated rings. The van der Waals surface area contributed by atoms with Gasteiger partial charge in [0, 0.05) is 24.1 Å². The number of hydrogen-bond donors (Lipinski definition) is 3. The fourth-order valence-corrected chi connectivity index (χ4v) is 3.10. The van der Waals surface area contributed by atoms with Crippen LogP contribution in [0.1, 0.15) is 36.4 Å². The Bertz CT molecular complexity index is 1070. The van der Waals surface area contributed by atoms with Crippen LogP contribution in [0.15, 0.2) is 35.0 Å². The van der Waals surface area contributed by atoms with E-state index in [2.05, 4.69) is 10.1 Å². The lowest BCUT2D eigenvalue weighted by atomic mass is 10.1. The van der Waals surface area contributed by atoms with Crippen molar-refractivity contribution in [3.63, 3.8) is 0 Å². The van der Waals surface area contributed by atoms with E-state index in [0.29, 0.717) is 27.4 Å². The molecule has 0 saturated carbocycles. The summed E-state index contributed by atoms with van der Waals surface area (Å²) in [4.78, 5) is 16.4. The van der Waals surface area contributed by atoms with Gasteiger partial charge in [-0.05, 0) is 31.5 Å². The number of carbonyl (C=O) groups excluding carboxylic acids is 1. The first-order valence-electron chi connectivity index (χ1n) is 10.1. The molecule has 10 heteroatoms. The molecule has 2 aromatic heterocycles. The Morgan fingerprint density at radius 3 is 2.72 bits per heavy atom.